The summed E-state index contributed by atoms with van der Waals surface area (Å²) in [6.45, 7) is 4.55. The number of hydrogen-bond acceptors (Lipinski definition) is 5. The second-order valence-electron chi connectivity index (χ2n) is 7.21. The van der Waals surface area contributed by atoms with Gasteiger partial charge in [0.2, 0.25) is 0 Å². The summed E-state index contributed by atoms with van der Waals surface area (Å²) in [4.78, 5) is 18.9. The van der Waals surface area contributed by atoms with Crippen molar-refractivity contribution in [3.8, 4) is 5.75 Å². The van der Waals surface area contributed by atoms with Gasteiger partial charge in [0.05, 0.1) is 30.3 Å². The molecule has 134 valence electrons. The number of carbonyl (C=O) groups excluding carboxylic acids is 1. The molecule has 2 aromatic rings. The van der Waals surface area contributed by atoms with Gasteiger partial charge in [-0.05, 0) is 18.2 Å². The number of nitrogens with zero attached hydrogens (tertiary/aromatic N) is 5. The molecule has 2 fully saturated rings. The molecule has 0 atom stereocenters. The summed E-state index contributed by atoms with van der Waals surface area (Å²) in [6, 6.07) is 7.43. The van der Waals surface area contributed by atoms with Crippen molar-refractivity contribution >= 4 is 29.0 Å². The molecule has 3 aliphatic rings. The van der Waals surface area contributed by atoms with Gasteiger partial charge in [0.15, 0.2) is 0 Å². The predicted molar refractivity (Wildman–Crippen MR) is 97.9 cm³/mol. The van der Waals surface area contributed by atoms with Crippen molar-refractivity contribution in [1.29, 1.82) is 0 Å². The first-order valence-electron chi connectivity index (χ1n) is 8.64. The van der Waals surface area contributed by atoms with Crippen LogP contribution in [0.5, 0.6) is 5.75 Å². The highest BCUT2D eigenvalue weighted by molar-refractivity contribution is 6.30. The van der Waals surface area contributed by atoms with Crippen molar-refractivity contribution in [1.82, 2.24) is 15.1 Å². The molecule has 4 heterocycles. The molecule has 1 spiro atoms. The largest absolute Gasteiger partial charge is 0.489 e. The fraction of sp³-hybridized carbons (Fsp3) is 0.389. The molecular formula is C18H18ClN5O2. The maximum atomic E-state index is 12.9. The van der Waals surface area contributed by atoms with Crippen molar-refractivity contribution < 1.29 is 9.53 Å². The molecule has 1 aromatic heterocycles. The Bertz CT molecular complexity index is 848. The summed E-state index contributed by atoms with van der Waals surface area (Å²) in [5.41, 5.74) is 2.10. The van der Waals surface area contributed by atoms with Crippen LogP contribution in [-0.2, 0) is 0 Å². The maximum absolute atomic E-state index is 12.9. The van der Waals surface area contributed by atoms with Crippen LogP contribution in [0.4, 0.5) is 16.2 Å². The Hall–Kier alpha value is -2.54. The van der Waals surface area contributed by atoms with E-state index in [-0.39, 0.29) is 11.4 Å². The first-order chi connectivity index (χ1) is 12.6. The van der Waals surface area contributed by atoms with Crippen molar-refractivity contribution in [2.45, 2.75) is 0 Å². The van der Waals surface area contributed by atoms with Gasteiger partial charge < -0.3 is 14.5 Å². The predicted octanol–water partition coefficient (Wildman–Crippen LogP) is 2.27. The lowest BCUT2D eigenvalue weighted by Crippen LogP contribution is -2.74. The smallest absolute Gasteiger partial charge is 0.324 e. The first-order valence-corrected chi connectivity index (χ1v) is 9.02. The van der Waals surface area contributed by atoms with Gasteiger partial charge in [-0.3, -0.25) is 4.90 Å². The number of amides is 2. The van der Waals surface area contributed by atoms with Crippen LogP contribution in [0.15, 0.2) is 36.7 Å². The quantitative estimate of drug-likeness (QED) is 0.769. The van der Waals surface area contributed by atoms with E-state index in [9.17, 15) is 4.79 Å². The summed E-state index contributed by atoms with van der Waals surface area (Å²) in [7, 11) is 0. The average molecular weight is 372 g/mol. The summed E-state index contributed by atoms with van der Waals surface area (Å²) >= 11 is 6.03. The van der Waals surface area contributed by atoms with Crippen LogP contribution in [0.2, 0.25) is 5.02 Å². The molecule has 3 aliphatic heterocycles. The zero-order chi connectivity index (χ0) is 17.7. The molecule has 0 radical (unpaired) electrons. The SMILES string of the molecule is O=C(N1CC2(C1)CN(c1ccnnc1)C2)N1CCOc2cc(Cl)ccc21. The van der Waals surface area contributed by atoms with E-state index in [0.29, 0.717) is 23.9 Å². The van der Waals surface area contributed by atoms with Gasteiger partial charge in [-0.25, -0.2) is 4.79 Å². The summed E-state index contributed by atoms with van der Waals surface area (Å²) in [5, 5.41) is 8.35. The average Bonchev–Trinajstić information content (AvgIpc) is 2.59. The molecule has 2 amide bonds. The molecule has 0 unspecified atom stereocenters. The number of hydrogen-bond donors (Lipinski definition) is 0. The molecule has 1 aromatic carbocycles. The number of halogens is 1. The second-order valence-corrected chi connectivity index (χ2v) is 7.64. The van der Waals surface area contributed by atoms with E-state index in [2.05, 4.69) is 15.1 Å². The fourth-order valence-electron chi connectivity index (χ4n) is 4.08. The Balaban J connectivity index is 1.24. The topological polar surface area (TPSA) is 61.8 Å². The van der Waals surface area contributed by atoms with Gasteiger partial charge in [0.25, 0.3) is 0 Å². The van der Waals surface area contributed by atoms with E-state index in [0.717, 1.165) is 37.6 Å². The van der Waals surface area contributed by atoms with Crippen LogP contribution in [0, 0.1) is 5.41 Å². The number of fused-ring (bicyclic) bond motifs is 1. The summed E-state index contributed by atoms with van der Waals surface area (Å²) in [6.07, 6.45) is 3.49. The van der Waals surface area contributed by atoms with E-state index >= 15 is 0 Å². The number of carbonyl (C=O) groups is 1. The Kier molecular flexibility index (Phi) is 3.46. The Labute approximate surface area is 156 Å². The Morgan fingerprint density at radius 3 is 2.77 bits per heavy atom. The number of rotatable bonds is 1. The third-order valence-electron chi connectivity index (χ3n) is 5.33. The number of urea groups is 1. The van der Waals surface area contributed by atoms with Crippen molar-refractivity contribution in [3.63, 3.8) is 0 Å². The van der Waals surface area contributed by atoms with Crippen LogP contribution in [0.25, 0.3) is 0 Å². The third kappa shape index (κ3) is 2.46. The Morgan fingerprint density at radius 2 is 2.00 bits per heavy atom. The highest BCUT2D eigenvalue weighted by Gasteiger charge is 2.54. The van der Waals surface area contributed by atoms with Crippen molar-refractivity contribution in [2.24, 2.45) is 5.41 Å². The normalized spacial score (nSPS) is 20.1. The zero-order valence-corrected chi connectivity index (χ0v) is 14.9. The number of ether oxygens (including phenoxy) is 1. The number of anilines is 2. The zero-order valence-electron chi connectivity index (χ0n) is 14.1. The molecule has 0 saturated carbocycles. The number of likely N-dealkylation sites (tertiary alicyclic amines) is 1. The molecule has 5 rings (SSSR count). The van der Waals surface area contributed by atoms with Crippen molar-refractivity contribution in [3.05, 3.63) is 41.7 Å². The lowest BCUT2D eigenvalue weighted by molar-refractivity contribution is 0.00965. The number of aromatic nitrogens is 2. The third-order valence-corrected chi connectivity index (χ3v) is 5.56. The molecule has 8 heteroatoms. The minimum absolute atomic E-state index is 0.0477. The van der Waals surface area contributed by atoms with Gasteiger partial charge >= 0.3 is 6.03 Å². The van der Waals surface area contributed by atoms with Gasteiger partial charge in [-0.15, -0.1) is 0 Å². The molecule has 0 N–H and O–H groups in total. The van der Waals surface area contributed by atoms with Crippen LogP contribution in [-0.4, -0.2) is 60.5 Å². The lowest BCUT2D eigenvalue weighted by atomic mass is 9.73. The van der Waals surface area contributed by atoms with Crippen LogP contribution in [0.1, 0.15) is 0 Å². The van der Waals surface area contributed by atoms with Gasteiger partial charge in [0, 0.05) is 42.7 Å². The monoisotopic (exact) mass is 371 g/mol. The fourth-order valence-corrected chi connectivity index (χ4v) is 4.24. The molecule has 26 heavy (non-hydrogen) atoms. The van der Waals surface area contributed by atoms with Crippen LogP contribution in [0.3, 0.4) is 0 Å². The maximum Gasteiger partial charge on any atom is 0.324 e. The van der Waals surface area contributed by atoms with Gasteiger partial charge in [-0.2, -0.15) is 10.2 Å². The van der Waals surface area contributed by atoms with E-state index in [1.165, 1.54) is 0 Å². The van der Waals surface area contributed by atoms with E-state index in [4.69, 9.17) is 16.3 Å². The standard InChI is InChI=1S/C18H18ClN5O2/c19-13-1-2-15-16(7-13)26-6-5-24(15)17(25)23-11-18(12-23)9-22(10-18)14-3-4-20-21-8-14/h1-4,7-8H,5-6,9-12H2. The van der Waals surface area contributed by atoms with Crippen LogP contribution >= 0.6 is 11.6 Å². The minimum Gasteiger partial charge on any atom is -0.489 e. The summed E-state index contributed by atoms with van der Waals surface area (Å²) in [5.74, 6) is 0.673. The van der Waals surface area contributed by atoms with E-state index < -0.39 is 0 Å². The summed E-state index contributed by atoms with van der Waals surface area (Å²) < 4.78 is 5.64. The van der Waals surface area contributed by atoms with Gasteiger partial charge in [0.1, 0.15) is 12.4 Å². The van der Waals surface area contributed by atoms with Crippen molar-refractivity contribution in [2.75, 3.05) is 49.1 Å². The molecule has 0 aliphatic carbocycles. The molecule has 0 bridgehead atoms. The number of benzene rings is 1. The molecular weight excluding hydrogens is 354 g/mol. The first kappa shape index (κ1) is 15.7. The molecule has 7 nitrogen and oxygen atoms in total. The highest BCUT2D eigenvalue weighted by atomic mass is 35.5. The Morgan fingerprint density at radius 1 is 1.15 bits per heavy atom. The van der Waals surface area contributed by atoms with E-state index in [1.54, 1.807) is 29.4 Å². The minimum atomic E-state index is 0.0477. The second kappa shape index (κ2) is 5.74. The van der Waals surface area contributed by atoms with Crippen LogP contribution < -0.4 is 14.5 Å². The van der Waals surface area contributed by atoms with Gasteiger partial charge in [-0.1, -0.05) is 11.6 Å². The highest BCUT2D eigenvalue weighted by Crippen LogP contribution is 2.43. The lowest BCUT2D eigenvalue weighted by Gasteiger charge is -2.61. The molecule has 2 saturated heterocycles. The van der Waals surface area contributed by atoms with E-state index in [1.807, 2.05) is 17.0 Å².